The molecule has 0 aliphatic heterocycles. The summed E-state index contributed by atoms with van der Waals surface area (Å²) >= 11 is 4.72. The quantitative estimate of drug-likeness (QED) is 0.834. The number of hydrogen-bond acceptors (Lipinski definition) is 4. The molecule has 5 nitrogen and oxygen atoms in total. The summed E-state index contributed by atoms with van der Waals surface area (Å²) in [4.78, 5) is 23.3. The molecule has 0 fully saturated rings. The highest BCUT2D eigenvalue weighted by molar-refractivity contribution is 6.61. The Bertz CT molecular complexity index is 319. The highest BCUT2D eigenvalue weighted by Crippen LogP contribution is 1.90. The van der Waals surface area contributed by atoms with Gasteiger partial charge in [-0.15, -0.1) is 12.4 Å². The molecule has 0 bridgehead atoms. The standard InChI is InChI=1S/C6H5NO2.C3H5ClO2.ClH/c8-6(9)5-3-1-2-4-7-5;1-2-6-3(4)5;/h1-4H,(H,8,9);2H2,1H3;1H. The van der Waals surface area contributed by atoms with Gasteiger partial charge in [-0.2, -0.15) is 0 Å². The second-order valence-electron chi connectivity index (χ2n) is 2.19. The van der Waals surface area contributed by atoms with Crippen LogP contribution in [-0.4, -0.2) is 28.1 Å². The maximum atomic E-state index is 10.1. The molecule has 0 spiro atoms. The Morgan fingerprint density at radius 1 is 1.50 bits per heavy atom. The van der Waals surface area contributed by atoms with Gasteiger partial charge in [0.25, 0.3) is 0 Å². The van der Waals surface area contributed by atoms with E-state index < -0.39 is 11.4 Å². The van der Waals surface area contributed by atoms with Crippen LogP contribution in [0.3, 0.4) is 0 Å². The van der Waals surface area contributed by atoms with E-state index in [1.807, 2.05) is 0 Å². The van der Waals surface area contributed by atoms with E-state index in [1.54, 1.807) is 19.1 Å². The Labute approximate surface area is 104 Å². The van der Waals surface area contributed by atoms with Gasteiger partial charge in [-0.05, 0) is 19.1 Å². The molecule has 0 amide bonds. The first-order valence-electron chi connectivity index (χ1n) is 4.04. The third kappa shape index (κ3) is 9.23. The molecule has 0 radical (unpaired) electrons. The van der Waals surface area contributed by atoms with E-state index in [1.165, 1.54) is 12.3 Å². The zero-order valence-electron chi connectivity index (χ0n) is 8.42. The highest BCUT2D eigenvalue weighted by atomic mass is 35.5. The molecule has 1 aromatic heterocycles. The van der Waals surface area contributed by atoms with Crippen molar-refractivity contribution in [2.75, 3.05) is 6.61 Å². The average Bonchev–Trinajstić information content (AvgIpc) is 2.20. The van der Waals surface area contributed by atoms with Crippen molar-refractivity contribution in [2.24, 2.45) is 0 Å². The molecular formula is C9H11Cl2NO4. The summed E-state index contributed by atoms with van der Waals surface area (Å²) in [5, 5.41) is 8.32. The van der Waals surface area contributed by atoms with Crippen LogP contribution in [0.2, 0.25) is 0 Å². The third-order valence-corrected chi connectivity index (χ3v) is 1.25. The minimum atomic E-state index is -0.990. The first-order chi connectivity index (χ1) is 7.07. The van der Waals surface area contributed by atoms with Crippen LogP contribution in [0.5, 0.6) is 0 Å². The lowest BCUT2D eigenvalue weighted by Crippen LogP contribution is -1.97. The second-order valence-corrected chi connectivity index (χ2v) is 2.50. The maximum Gasteiger partial charge on any atom is 0.403 e. The number of rotatable bonds is 2. The average molecular weight is 268 g/mol. The van der Waals surface area contributed by atoms with Gasteiger partial charge >= 0.3 is 11.4 Å². The number of carbonyl (C=O) groups is 2. The monoisotopic (exact) mass is 267 g/mol. The second kappa shape index (κ2) is 10.2. The van der Waals surface area contributed by atoms with Gasteiger partial charge in [0.15, 0.2) is 0 Å². The highest BCUT2D eigenvalue weighted by Gasteiger charge is 1.98. The zero-order valence-corrected chi connectivity index (χ0v) is 9.99. The number of carboxylic acids is 1. The summed E-state index contributed by atoms with van der Waals surface area (Å²) in [5.41, 5.74) is -0.657. The predicted octanol–water partition coefficient (Wildman–Crippen LogP) is 2.58. The minimum absolute atomic E-state index is 0. The number of pyridine rings is 1. The third-order valence-electron chi connectivity index (χ3n) is 1.14. The number of carbonyl (C=O) groups excluding carboxylic acids is 1. The van der Waals surface area contributed by atoms with Gasteiger partial charge in [0.05, 0.1) is 6.61 Å². The predicted molar refractivity (Wildman–Crippen MR) is 61.3 cm³/mol. The van der Waals surface area contributed by atoms with Crippen LogP contribution in [0.15, 0.2) is 24.4 Å². The van der Waals surface area contributed by atoms with Crippen LogP contribution in [0.25, 0.3) is 0 Å². The van der Waals surface area contributed by atoms with E-state index in [0.717, 1.165) is 0 Å². The lowest BCUT2D eigenvalue weighted by Gasteiger charge is -1.87. The van der Waals surface area contributed by atoms with E-state index >= 15 is 0 Å². The Hall–Kier alpha value is -1.33. The van der Waals surface area contributed by atoms with Gasteiger partial charge in [-0.3, -0.25) is 0 Å². The molecular weight excluding hydrogens is 257 g/mol. The first kappa shape index (κ1) is 17.1. The lowest BCUT2D eigenvalue weighted by atomic mass is 10.4. The van der Waals surface area contributed by atoms with Crippen LogP contribution in [0.4, 0.5) is 4.79 Å². The molecule has 16 heavy (non-hydrogen) atoms. The summed E-state index contributed by atoms with van der Waals surface area (Å²) in [5.74, 6) is -0.990. The first-order valence-corrected chi connectivity index (χ1v) is 4.42. The van der Waals surface area contributed by atoms with Crippen molar-refractivity contribution in [3.63, 3.8) is 0 Å². The molecule has 1 rings (SSSR count). The fourth-order valence-corrected chi connectivity index (χ4v) is 0.712. The van der Waals surface area contributed by atoms with E-state index in [0.29, 0.717) is 6.61 Å². The largest absolute Gasteiger partial charge is 0.477 e. The van der Waals surface area contributed by atoms with Crippen LogP contribution in [-0.2, 0) is 4.74 Å². The van der Waals surface area contributed by atoms with Crippen LogP contribution < -0.4 is 0 Å². The number of aromatic nitrogens is 1. The van der Waals surface area contributed by atoms with E-state index in [9.17, 15) is 9.59 Å². The SMILES string of the molecule is CCOC(=O)Cl.Cl.O=C(O)c1ccccn1. The van der Waals surface area contributed by atoms with E-state index in [-0.39, 0.29) is 18.1 Å². The molecule has 0 saturated carbocycles. The van der Waals surface area contributed by atoms with Crippen molar-refractivity contribution in [1.82, 2.24) is 4.98 Å². The van der Waals surface area contributed by atoms with Crippen molar-refractivity contribution in [1.29, 1.82) is 0 Å². The summed E-state index contributed by atoms with van der Waals surface area (Å²) in [6, 6.07) is 4.76. The smallest absolute Gasteiger partial charge is 0.403 e. The van der Waals surface area contributed by atoms with Gasteiger partial charge in [-0.25, -0.2) is 14.6 Å². The fraction of sp³-hybridized carbons (Fsp3) is 0.222. The van der Waals surface area contributed by atoms with Gasteiger partial charge < -0.3 is 9.84 Å². The number of carboxylic acid groups (broad SMARTS) is 1. The summed E-state index contributed by atoms with van der Waals surface area (Å²) < 4.78 is 4.17. The molecule has 0 aliphatic carbocycles. The Kier molecular flexibility index (Phi) is 10.9. The van der Waals surface area contributed by atoms with Crippen LogP contribution >= 0.6 is 24.0 Å². The minimum Gasteiger partial charge on any atom is -0.477 e. The molecule has 0 aliphatic rings. The van der Waals surface area contributed by atoms with Crippen molar-refractivity contribution >= 4 is 35.4 Å². The van der Waals surface area contributed by atoms with Crippen LogP contribution in [0, 0.1) is 0 Å². The summed E-state index contributed by atoms with van der Waals surface area (Å²) in [6.45, 7) is 2.04. The van der Waals surface area contributed by atoms with Gasteiger partial charge in [0.2, 0.25) is 0 Å². The molecule has 1 N–H and O–H groups in total. The number of halogens is 2. The number of hydrogen-bond donors (Lipinski definition) is 1. The van der Waals surface area contributed by atoms with E-state index in [4.69, 9.17) is 16.7 Å². The zero-order chi connectivity index (χ0) is 11.7. The molecule has 90 valence electrons. The number of ether oxygens (including phenoxy) is 1. The van der Waals surface area contributed by atoms with Crippen molar-refractivity contribution in [2.45, 2.75) is 6.92 Å². The molecule has 1 aromatic rings. The van der Waals surface area contributed by atoms with Crippen molar-refractivity contribution in [3.05, 3.63) is 30.1 Å². The van der Waals surface area contributed by atoms with Gasteiger partial charge in [-0.1, -0.05) is 6.07 Å². The Morgan fingerprint density at radius 2 is 2.12 bits per heavy atom. The van der Waals surface area contributed by atoms with Crippen LogP contribution in [0.1, 0.15) is 17.4 Å². The molecule has 0 saturated heterocycles. The molecule has 1 heterocycles. The Balaban J connectivity index is 0. The van der Waals surface area contributed by atoms with Gasteiger partial charge in [0, 0.05) is 17.8 Å². The van der Waals surface area contributed by atoms with Crippen molar-refractivity contribution < 1.29 is 19.4 Å². The molecule has 0 aromatic carbocycles. The van der Waals surface area contributed by atoms with Crippen molar-refractivity contribution in [3.8, 4) is 0 Å². The van der Waals surface area contributed by atoms with E-state index in [2.05, 4.69) is 9.72 Å². The normalized spacial score (nSPS) is 7.88. The molecule has 7 heteroatoms. The topological polar surface area (TPSA) is 76.5 Å². The summed E-state index contributed by atoms with van der Waals surface area (Å²) in [7, 11) is 0. The molecule has 0 unspecified atom stereocenters. The Morgan fingerprint density at radius 3 is 2.31 bits per heavy atom. The fourth-order valence-electron chi connectivity index (χ4n) is 0.603. The lowest BCUT2D eigenvalue weighted by molar-refractivity contribution is 0.0690. The summed E-state index contributed by atoms with van der Waals surface area (Å²) in [6.07, 6.45) is 1.45. The number of nitrogens with zero attached hydrogens (tertiary/aromatic N) is 1. The molecule has 0 atom stereocenters. The van der Waals surface area contributed by atoms with Gasteiger partial charge in [0.1, 0.15) is 5.69 Å². The maximum absolute atomic E-state index is 10.1. The number of aromatic carboxylic acids is 1.